The standard InChI is InChI=1S/C23H20/c1-3-4-5-19-8-12-21(13-9-19)23-16-14-22(15-17-23)20-10-6-18(2)7-11-20/h1,6-17H,4-5H2,2H3. The Morgan fingerprint density at radius 3 is 1.48 bits per heavy atom. The van der Waals surface area contributed by atoms with E-state index in [1.807, 2.05) is 0 Å². The third kappa shape index (κ3) is 3.71. The average Bonchev–Trinajstić information content (AvgIpc) is 2.61. The van der Waals surface area contributed by atoms with Gasteiger partial charge in [0.15, 0.2) is 0 Å². The fourth-order valence-electron chi connectivity index (χ4n) is 2.68. The van der Waals surface area contributed by atoms with Gasteiger partial charge in [-0.2, -0.15) is 0 Å². The second-order valence-electron chi connectivity index (χ2n) is 5.84. The summed E-state index contributed by atoms with van der Waals surface area (Å²) in [5.41, 5.74) is 7.57. The van der Waals surface area contributed by atoms with Crippen molar-refractivity contribution >= 4 is 0 Å². The van der Waals surface area contributed by atoms with Gasteiger partial charge in [-0.3, -0.25) is 0 Å². The molecule has 0 aliphatic rings. The second-order valence-corrected chi connectivity index (χ2v) is 5.84. The van der Waals surface area contributed by atoms with E-state index in [-0.39, 0.29) is 0 Å². The van der Waals surface area contributed by atoms with Crippen LogP contribution in [0.3, 0.4) is 0 Å². The topological polar surface area (TPSA) is 0 Å². The van der Waals surface area contributed by atoms with Gasteiger partial charge in [0.25, 0.3) is 0 Å². The Kier molecular flexibility index (Phi) is 4.60. The van der Waals surface area contributed by atoms with E-state index in [2.05, 4.69) is 85.6 Å². The van der Waals surface area contributed by atoms with Crippen LogP contribution in [0.15, 0.2) is 72.8 Å². The Balaban J connectivity index is 1.79. The predicted octanol–water partition coefficient (Wildman–Crippen LogP) is 5.89. The van der Waals surface area contributed by atoms with Crippen molar-refractivity contribution < 1.29 is 0 Å². The molecule has 0 aliphatic heterocycles. The first-order valence-electron chi connectivity index (χ1n) is 7.96. The molecule has 0 aliphatic carbocycles. The molecule has 0 radical (unpaired) electrons. The van der Waals surface area contributed by atoms with Crippen LogP contribution in [-0.4, -0.2) is 0 Å². The maximum absolute atomic E-state index is 5.32. The first-order valence-corrected chi connectivity index (χ1v) is 7.96. The summed E-state index contributed by atoms with van der Waals surface area (Å²) < 4.78 is 0. The van der Waals surface area contributed by atoms with Gasteiger partial charge in [0.05, 0.1) is 0 Å². The van der Waals surface area contributed by atoms with Crippen LogP contribution in [0.4, 0.5) is 0 Å². The first-order chi connectivity index (χ1) is 11.3. The van der Waals surface area contributed by atoms with Gasteiger partial charge in [-0.25, -0.2) is 0 Å². The van der Waals surface area contributed by atoms with Gasteiger partial charge in [-0.15, -0.1) is 12.3 Å². The van der Waals surface area contributed by atoms with Gasteiger partial charge >= 0.3 is 0 Å². The van der Waals surface area contributed by atoms with Gasteiger partial charge in [-0.1, -0.05) is 78.4 Å². The Morgan fingerprint density at radius 2 is 1.04 bits per heavy atom. The Bertz CT molecular complexity index is 798. The van der Waals surface area contributed by atoms with E-state index >= 15 is 0 Å². The lowest BCUT2D eigenvalue weighted by Gasteiger charge is -2.06. The summed E-state index contributed by atoms with van der Waals surface area (Å²) in [6, 6.07) is 26.1. The molecule has 0 N–H and O–H groups in total. The van der Waals surface area contributed by atoms with E-state index < -0.39 is 0 Å². The summed E-state index contributed by atoms with van der Waals surface area (Å²) in [5, 5.41) is 0. The van der Waals surface area contributed by atoms with Crippen LogP contribution in [0.1, 0.15) is 17.5 Å². The zero-order chi connectivity index (χ0) is 16.1. The summed E-state index contributed by atoms with van der Waals surface area (Å²) >= 11 is 0. The number of rotatable bonds is 4. The fourth-order valence-corrected chi connectivity index (χ4v) is 2.68. The van der Waals surface area contributed by atoms with Gasteiger partial charge < -0.3 is 0 Å². The molecule has 0 saturated heterocycles. The molecule has 0 unspecified atom stereocenters. The molecule has 0 amide bonds. The maximum atomic E-state index is 5.32. The molecule has 3 rings (SSSR count). The average molecular weight is 296 g/mol. The van der Waals surface area contributed by atoms with E-state index in [0.29, 0.717) is 0 Å². The third-order valence-electron chi connectivity index (χ3n) is 4.12. The van der Waals surface area contributed by atoms with Crippen molar-refractivity contribution in [3.8, 4) is 34.6 Å². The number of hydrogen-bond acceptors (Lipinski definition) is 0. The molecule has 0 heteroatoms. The van der Waals surface area contributed by atoms with Crippen LogP contribution in [0.2, 0.25) is 0 Å². The van der Waals surface area contributed by atoms with Crippen molar-refractivity contribution in [2.45, 2.75) is 19.8 Å². The zero-order valence-electron chi connectivity index (χ0n) is 13.4. The molecule has 0 fully saturated rings. The van der Waals surface area contributed by atoms with Gasteiger partial charge in [0.1, 0.15) is 0 Å². The lowest BCUT2D eigenvalue weighted by atomic mass is 9.98. The summed E-state index contributed by atoms with van der Waals surface area (Å²) in [6.07, 6.45) is 7.06. The lowest BCUT2D eigenvalue weighted by molar-refractivity contribution is 1.03. The van der Waals surface area contributed by atoms with Gasteiger partial charge in [-0.05, 0) is 41.2 Å². The van der Waals surface area contributed by atoms with E-state index in [4.69, 9.17) is 6.42 Å². The molecule has 0 atom stereocenters. The van der Waals surface area contributed by atoms with E-state index in [1.165, 1.54) is 33.4 Å². The molecule has 23 heavy (non-hydrogen) atoms. The van der Waals surface area contributed by atoms with Crippen molar-refractivity contribution in [1.82, 2.24) is 0 Å². The molecule has 0 saturated carbocycles. The van der Waals surface area contributed by atoms with Gasteiger partial charge in [0.2, 0.25) is 0 Å². The van der Waals surface area contributed by atoms with Crippen LogP contribution >= 0.6 is 0 Å². The first kappa shape index (κ1) is 15.1. The van der Waals surface area contributed by atoms with Crippen molar-refractivity contribution in [3.05, 3.63) is 83.9 Å². The minimum atomic E-state index is 0.796. The van der Waals surface area contributed by atoms with Gasteiger partial charge in [0, 0.05) is 6.42 Å². The van der Waals surface area contributed by atoms with Crippen LogP contribution in [0.5, 0.6) is 0 Å². The van der Waals surface area contributed by atoms with Crippen molar-refractivity contribution in [2.75, 3.05) is 0 Å². The third-order valence-corrected chi connectivity index (χ3v) is 4.12. The zero-order valence-corrected chi connectivity index (χ0v) is 13.4. The highest BCUT2D eigenvalue weighted by Gasteiger charge is 2.01. The molecular formula is C23H20. The minimum absolute atomic E-state index is 0.796. The molecule has 3 aromatic carbocycles. The SMILES string of the molecule is C#CCCc1ccc(-c2ccc(-c3ccc(C)cc3)cc2)cc1. The second kappa shape index (κ2) is 6.99. The monoisotopic (exact) mass is 296 g/mol. The predicted molar refractivity (Wildman–Crippen MR) is 99.2 cm³/mol. The highest BCUT2D eigenvalue weighted by molar-refractivity contribution is 5.70. The highest BCUT2D eigenvalue weighted by atomic mass is 14.1. The molecule has 0 heterocycles. The van der Waals surface area contributed by atoms with Crippen LogP contribution in [-0.2, 0) is 6.42 Å². The molecular weight excluding hydrogens is 276 g/mol. The summed E-state index contributed by atoms with van der Waals surface area (Å²) in [5.74, 6) is 2.69. The van der Waals surface area contributed by atoms with E-state index in [1.54, 1.807) is 0 Å². The smallest absolute Gasteiger partial charge is 0.0127 e. The van der Waals surface area contributed by atoms with Crippen molar-refractivity contribution in [3.63, 3.8) is 0 Å². The van der Waals surface area contributed by atoms with Crippen LogP contribution in [0.25, 0.3) is 22.3 Å². The molecule has 112 valence electrons. The Hall–Kier alpha value is -2.78. The number of benzene rings is 3. The van der Waals surface area contributed by atoms with Crippen LogP contribution < -0.4 is 0 Å². The molecule has 0 nitrogen and oxygen atoms in total. The normalized spacial score (nSPS) is 10.3. The molecule has 0 spiro atoms. The largest absolute Gasteiger partial charge is 0.120 e. The quantitative estimate of drug-likeness (QED) is 0.526. The van der Waals surface area contributed by atoms with Crippen molar-refractivity contribution in [2.24, 2.45) is 0 Å². The van der Waals surface area contributed by atoms with Crippen LogP contribution in [0, 0.1) is 19.3 Å². The summed E-state index contributed by atoms with van der Waals surface area (Å²) in [6.45, 7) is 2.11. The van der Waals surface area contributed by atoms with Crippen molar-refractivity contribution in [1.29, 1.82) is 0 Å². The molecule has 3 aromatic rings. The number of terminal acetylenes is 1. The van der Waals surface area contributed by atoms with E-state index in [9.17, 15) is 0 Å². The highest BCUT2D eigenvalue weighted by Crippen LogP contribution is 2.25. The Morgan fingerprint density at radius 1 is 0.652 bits per heavy atom. The number of hydrogen-bond donors (Lipinski definition) is 0. The number of aryl methyl sites for hydroxylation is 2. The Labute approximate surface area is 138 Å². The van der Waals surface area contributed by atoms with E-state index in [0.717, 1.165) is 12.8 Å². The molecule has 0 bridgehead atoms. The lowest BCUT2D eigenvalue weighted by Crippen LogP contribution is -1.85. The summed E-state index contributed by atoms with van der Waals surface area (Å²) in [7, 11) is 0. The minimum Gasteiger partial charge on any atom is -0.120 e. The molecule has 0 aromatic heterocycles. The maximum Gasteiger partial charge on any atom is 0.0127 e. The fraction of sp³-hybridized carbons (Fsp3) is 0.130. The summed E-state index contributed by atoms with van der Waals surface area (Å²) in [4.78, 5) is 0.